The smallest absolute Gasteiger partial charge is 0.264 e. The first-order valence-corrected chi connectivity index (χ1v) is 9.72. The highest BCUT2D eigenvalue weighted by Gasteiger charge is 2.58. The second-order valence-corrected chi connectivity index (χ2v) is 8.31. The number of carbonyl (C=O) groups is 2. The van der Waals surface area contributed by atoms with Crippen LogP contribution in [-0.4, -0.2) is 71.7 Å². The molecule has 4 rings (SSSR count). The monoisotopic (exact) mass is 390 g/mol. The van der Waals surface area contributed by atoms with E-state index in [-0.39, 0.29) is 29.8 Å². The van der Waals surface area contributed by atoms with Crippen LogP contribution in [-0.2, 0) is 9.53 Å². The van der Waals surface area contributed by atoms with Gasteiger partial charge in [0.2, 0.25) is 11.8 Å². The second kappa shape index (κ2) is 6.72. The number of hydrogen-bond acceptors (Lipinski definition) is 7. The molecular weight excluding hydrogens is 368 g/mol. The topological polar surface area (TPSA) is 88.8 Å². The summed E-state index contributed by atoms with van der Waals surface area (Å²) >= 11 is 1.47. The minimum atomic E-state index is -0.247. The van der Waals surface area contributed by atoms with Gasteiger partial charge in [-0.2, -0.15) is 4.98 Å². The number of hydrogen-bond donors (Lipinski definition) is 0. The Morgan fingerprint density at radius 3 is 2.67 bits per heavy atom. The van der Waals surface area contributed by atoms with Crippen molar-refractivity contribution in [2.24, 2.45) is 5.41 Å². The Kier molecular flexibility index (Phi) is 4.51. The van der Waals surface area contributed by atoms with Gasteiger partial charge in [0.25, 0.3) is 5.91 Å². The van der Waals surface area contributed by atoms with E-state index in [1.165, 1.54) is 18.4 Å². The van der Waals surface area contributed by atoms with Crippen molar-refractivity contribution in [2.45, 2.75) is 19.8 Å². The number of methoxy groups -OCH3 is 1. The molecule has 2 aliphatic rings. The van der Waals surface area contributed by atoms with E-state index in [0.717, 1.165) is 10.4 Å². The van der Waals surface area contributed by atoms with E-state index in [0.29, 0.717) is 37.9 Å². The summed E-state index contributed by atoms with van der Waals surface area (Å²) in [6.07, 6.45) is 0. The predicted molar refractivity (Wildman–Crippen MR) is 97.6 cm³/mol. The van der Waals surface area contributed by atoms with Gasteiger partial charge in [-0.25, -0.2) is 0 Å². The molecular formula is C18H22N4O4S. The summed E-state index contributed by atoms with van der Waals surface area (Å²) in [5, 5.41) is 5.84. The van der Waals surface area contributed by atoms with Crippen molar-refractivity contribution in [1.29, 1.82) is 0 Å². The zero-order valence-electron chi connectivity index (χ0n) is 15.6. The average molecular weight is 390 g/mol. The Bertz CT molecular complexity index is 870. The van der Waals surface area contributed by atoms with Crippen LogP contribution in [0, 0.1) is 19.3 Å². The van der Waals surface area contributed by atoms with Crippen LogP contribution < -0.4 is 0 Å². The third kappa shape index (κ3) is 3.04. The maximum atomic E-state index is 12.8. The Balaban J connectivity index is 1.55. The summed E-state index contributed by atoms with van der Waals surface area (Å²) in [7, 11) is 1.51. The van der Waals surface area contributed by atoms with Crippen molar-refractivity contribution in [1.82, 2.24) is 19.9 Å². The second-order valence-electron chi connectivity index (χ2n) is 7.40. The minimum Gasteiger partial charge on any atom is -0.375 e. The molecule has 4 heterocycles. The van der Waals surface area contributed by atoms with Crippen molar-refractivity contribution in [3.63, 3.8) is 0 Å². The van der Waals surface area contributed by atoms with Gasteiger partial charge < -0.3 is 19.1 Å². The average Bonchev–Trinajstić information content (AvgIpc) is 3.30. The van der Waals surface area contributed by atoms with E-state index in [9.17, 15) is 9.59 Å². The number of likely N-dealkylation sites (tertiary alicyclic amines) is 2. The van der Waals surface area contributed by atoms with Crippen LogP contribution in [0.15, 0.2) is 16.0 Å². The van der Waals surface area contributed by atoms with E-state index >= 15 is 0 Å². The van der Waals surface area contributed by atoms with Crippen LogP contribution in [0.1, 0.15) is 32.9 Å². The first-order chi connectivity index (χ1) is 12.9. The summed E-state index contributed by atoms with van der Waals surface area (Å²) in [5.41, 5.74) is 0.752. The molecule has 9 heteroatoms. The molecule has 2 aromatic rings. The molecule has 2 amide bonds. The van der Waals surface area contributed by atoms with Crippen molar-refractivity contribution in [3.8, 4) is 0 Å². The van der Waals surface area contributed by atoms with E-state index < -0.39 is 0 Å². The Hall–Kier alpha value is -2.26. The van der Waals surface area contributed by atoms with E-state index in [2.05, 4.69) is 10.1 Å². The summed E-state index contributed by atoms with van der Waals surface area (Å²) in [5.74, 6) is 1.03. The molecule has 0 saturated carbocycles. The van der Waals surface area contributed by atoms with Gasteiger partial charge in [0.1, 0.15) is 6.61 Å². The first-order valence-electron chi connectivity index (χ1n) is 8.84. The van der Waals surface area contributed by atoms with E-state index in [1.807, 2.05) is 23.3 Å². The zero-order chi connectivity index (χ0) is 19.2. The van der Waals surface area contributed by atoms with Gasteiger partial charge in [0.15, 0.2) is 5.82 Å². The van der Waals surface area contributed by atoms with Gasteiger partial charge in [-0.15, -0.1) is 11.3 Å². The molecule has 2 aromatic heterocycles. The molecule has 0 aliphatic carbocycles. The van der Waals surface area contributed by atoms with Crippen molar-refractivity contribution in [2.75, 3.05) is 39.9 Å². The fourth-order valence-corrected chi connectivity index (χ4v) is 4.97. The lowest BCUT2D eigenvalue weighted by molar-refractivity contribution is -0.134. The van der Waals surface area contributed by atoms with Crippen LogP contribution >= 0.6 is 11.3 Å². The molecule has 1 unspecified atom stereocenters. The van der Waals surface area contributed by atoms with Crippen LogP contribution in [0.2, 0.25) is 0 Å². The van der Waals surface area contributed by atoms with E-state index in [1.54, 1.807) is 11.8 Å². The standard InChI is InChI=1S/C18H22N4O4S/c1-11-4-5-27-15(11)17(24)22-9-18(10-22)8-21(14(23)7-25-3)6-13(18)16-19-12(2)20-26-16/h4-5,13H,6-10H2,1-3H3. The molecule has 2 aliphatic heterocycles. The highest BCUT2D eigenvalue weighted by atomic mass is 32.1. The van der Waals surface area contributed by atoms with Crippen LogP contribution in [0.25, 0.3) is 0 Å². The number of carbonyl (C=O) groups excluding carboxylic acids is 2. The molecule has 27 heavy (non-hydrogen) atoms. The number of aryl methyl sites for hydroxylation is 2. The fraction of sp³-hybridized carbons (Fsp3) is 0.556. The largest absolute Gasteiger partial charge is 0.375 e. The molecule has 1 atom stereocenters. The van der Waals surface area contributed by atoms with Crippen LogP contribution in [0.4, 0.5) is 0 Å². The van der Waals surface area contributed by atoms with Crippen LogP contribution in [0.5, 0.6) is 0 Å². The molecule has 2 fully saturated rings. The summed E-state index contributed by atoms with van der Waals surface area (Å²) in [6, 6.07) is 1.96. The normalized spacial score (nSPS) is 20.9. The predicted octanol–water partition coefficient (Wildman–Crippen LogP) is 1.46. The highest BCUT2D eigenvalue weighted by Crippen LogP contribution is 2.49. The lowest BCUT2D eigenvalue weighted by atomic mass is 9.71. The Morgan fingerprint density at radius 2 is 2.07 bits per heavy atom. The third-order valence-corrected chi connectivity index (χ3v) is 6.47. The quantitative estimate of drug-likeness (QED) is 0.785. The number of thiophene rings is 1. The van der Waals surface area contributed by atoms with Gasteiger partial charge in [0.05, 0.1) is 10.8 Å². The molecule has 0 N–H and O–H groups in total. The number of aromatic nitrogens is 2. The fourth-order valence-electron chi connectivity index (χ4n) is 4.08. The van der Waals surface area contributed by atoms with Gasteiger partial charge >= 0.3 is 0 Å². The molecule has 8 nitrogen and oxygen atoms in total. The van der Waals surface area contributed by atoms with E-state index in [4.69, 9.17) is 9.26 Å². The zero-order valence-corrected chi connectivity index (χ0v) is 16.4. The summed E-state index contributed by atoms with van der Waals surface area (Å²) in [4.78, 5) is 34.0. The first kappa shape index (κ1) is 18.1. The Morgan fingerprint density at radius 1 is 1.33 bits per heavy atom. The van der Waals surface area contributed by atoms with Crippen molar-refractivity contribution < 1.29 is 18.8 Å². The molecule has 2 saturated heterocycles. The molecule has 1 spiro atoms. The van der Waals surface area contributed by atoms with Gasteiger partial charge in [-0.05, 0) is 30.9 Å². The van der Waals surface area contributed by atoms with Crippen LogP contribution in [0.3, 0.4) is 0 Å². The summed E-state index contributed by atoms with van der Waals surface area (Å²) in [6.45, 7) is 5.99. The SMILES string of the molecule is COCC(=O)N1CC(c2nc(C)no2)C2(C1)CN(C(=O)c1sccc1C)C2. The third-order valence-electron chi connectivity index (χ3n) is 5.46. The Labute approximate surface area is 161 Å². The summed E-state index contributed by atoms with van der Waals surface area (Å²) < 4.78 is 10.4. The highest BCUT2D eigenvalue weighted by molar-refractivity contribution is 7.12. The van der Waals surface area contributed by atoms with Gasteiger partial charge in [-0.3, -0.25) is 9.59 Å². The lowest BCUT2D eigenvalue weighted by Gasteiger charge is -2.49. The molecule has 0 radical (unpaired) electrons. The maximum Gasteiger partial charge on any atom is 0.264 e. The number of amides is 2. The maximum absolute atomic E-state index is 12.8. The van der Waals surface area contributed by atoms with Crippen molar-refractivity contribution >= 4 is 23.2 Å². The van der Waals surface area contributed by atoms with Crippen molar-refractivity contribution in [3.05, 3.63) is 33.6 Å². The number of nitrogens with zero attached hydrogens (tertiary/aromatic N) is 4. The molecule has 0 aromatic carbocycles. The van der Waals surface area contributed by atoms with Gasteiger partial charge in [-0.1, -0.05) is 5.16 Å². The number of ether oxygens (including phenoxy) is 1. The number of rotatable bonds is 4. The van der Waals surface area contributed by atoms with Gasteiger partial charge in [0, 0.05) is 38.7 Å². The molecule has 0 bridgehead atoms. The molecule has 144 valence electrons. The minimum absolute atomic E-state index is 0.0443. The lowest BCUT2D eigenvalue weighted by Crippen LogP contribution is -2.61.